The van der Waals surface area contributed by atoms with Crippen LogP contribution in [0.25, 0.3) is 0 Å². The SMILES string of the molecule is CNCc1nnc(NCC2(C)CCCS2)o1. The zero-order chi connectivity index (χ0) is 11.4. The van der Waals surface area contributed by atoms with Crippen LogP contribution in [0.1, 0.15) is 25.7 Å². The average molecular weight is 242 g/mol. The minimum Gasteiger partial charge on any atom is -0.407 e. The molecule has 1 aliphatic heterocycles. The molecular formula is C10H18N4OS. The Bertz CT molecular complexity index is 335. The predicted octanol–water partition coefficient (Wildman–Crippen LogP) is 1.49. The van der Waals surface area contributed by atoms with Crippen LogP contribution in [0.5, 0.6) is 0 Å². The summed E-state index contributed by atoms with van der Waals surface area (Å²) in [6.07, 6.45) is 2.56. The molecule has 90 valence electrons. The Morgan fingerprint density at radius 2 is 2.38 bits per heavy atom. The number of aromatic nitrogens is 2. The van der Waals surface area contributed by atoms with E-state index in [9.17, 15) is 0 Å². The van der Waals surface area contributed by atoms with Crippen molar-refractivity contribution in [3.63, 3.8) is 0 Å². The van der Waals surface area contributed by atoms with Crippen LogP contribution < -0.4 is 10.6 Å². The second kappa shape index (κ2) is 5.05. The van der Waals surface area contributed by atoms with Crippen molar-refractivity contribution in [2.45, 2.75) is 31.1 Å². The molecule has 0 amide bonds. The van der Waals surface area contributed by atoms with Gasteiger partial charge >= 0.3 is 6.01 Å². The zero-order valence-electron chi connectivity index (χ0n) is 9.75. The highest BCUT2D eigenvalue weighted by Gasteiger charge is 2.29. The number of hydrogen-bond acceptors (Lipinski definition) is 6. The van der Waals surface area contributed by atoms with Crippen LogP contribution in [0, 0.1) is 0 Å². The van der Waals surface area contributed by atoms with Crippen molar-refractivity contribution in [1.29, 1.82) is 0 Å². The second-order valence-electron chi connectivity index (χ2n) is 4.29. The number of nitrogens with one attached hydrogen (secondary N) is 2. The third-order valence-corrected chi connectivity index (χ3v) is 4.25. The molecule has 2 rings (SSSR count). The molecule has 1 fully saturated rings. The van der Waals surface area contributed by atoms with Gasteiger partial charge in [0.15, 0.2) is 0 Å². The fourth-order valence-corrected chi connectivity index (χ4v) is 3.03. The molecule has 1 aromatic heterocycles. The van der Waals surface area contributed by atoms with E-state index in [-0.39, 0.29) is 0 Å². The van der Waals surface area contributed by atoms with Gasteiger partial charge in [-0.1, -0.05) is 5.10 Å². The Labute approximate surface area is 99.8 Å². The summed E-state index contributed by atoms with van der Waals surface area (Å²) < 4.78 is 5.74. The van der Waals surface area contributed by atoms with E-state index in [0.717, 1.165) is 6.54 Å². The smallest absolute Gasteiger partial charge is 0.315 e. The van der Waals surface area contributed by atoms with E-state index in [2.05, 4.69) is 27.8 Å². The first-order chi connectivity index (χ1) is 7.72. The van der Waals surface area contributed by atoms with Crippen LogP contribution in [0.3, 0.4) is 0 Å². The highest BCUT2D eigenvalue weighted by molar-refractivity contribution is 8.00. The molecule has 16 heavy (non-hydrogen) atoms. The summed E-state index contributed by atoms with van der Waals surface area (Å²) in [5.74, 6) is 1.88. The van der Waals surface area contributed by atoms with Crippen LogP contribution in [-0.2, 0) is 6.54 Å². The minimum absolute atomic E-state index is 0.317. The quantitative estimate of drug-likeness (QED) is 0.815. The standard InChI is InChI=1S/C10H18N4OS/c1-10(4-3-5-16-10)7-12-9-14-13-8(15-9)6-11-2/h11H,3-7H2,1-2H3,(H,12,14). The molecule has 0 radical (unpaired) electrons. The molecule has 6 heteroatoms. The zero-order valence-corrected chi connectivity index (χ0v) is 10.6. The summed E-state index contributed by atoms with van der Waals surface area (Å²) in [7, 11) is 1.85. The molecule has 1 atom stereocenters. The van der Waals surface area contributed by atoms with Crippen LogP contribution in [0.15, 0.2) is 4.42 Å². The molecule has 0 bridgehead atoms. The first-order valence-electron chi connectivity index (χ1n) is 5.57. The van der Waals surface area contributed by atoms with Crippen molar-refractivity contribution in [1.82, 2.24) is 15.5 Å². The van der Waals surface area contributed by atoms with Gasteiger partial charge in [0.1, 0.15) is 0 Å². The van der Waals surface area contributed by atoms with Crippen molar-refractivity contribution < 1.29 is 4.42 Å². The summed E-state index contributed by atoms with van der Waals surface area (Å²) in [6.45, 7) is 3.78. The molecule has 1 aliphatic rings. The maximum Gasteiger partial charge on any atom is 0.315 e. The Balaban J connectivity index is 1.84. The van der Waals surface area contributed by atoms with Crippen molar-refractivity contribution in [3.05, 3.63) is 5.89 Å². The van der Waals surface area contributed by atoms with E-state index < -0.39 is 0 Å². The first-order valence-corrected chi connectivity index (χ1v) is 6.55. The summed E-state index contributed by atoms with van der Waals surface area (Å²) in [5.41, 5.74) is 0. The number of thioether (sulfide) groups is 1. The molecule has 2 N–H and O–H groups in total. The topological polar surface area (TPSA) is 63.0 Å². The lowest BCUT2D eigenvalue weighted by molar-refractivity contribution is 0.486. The van der Waals surface area contributed by atoms with E-state index in [1.54, 1.807) is 0 Å². The number of anilines is 1. The van der Waals surface area contributed by atoms with Gasteiger partial charge in [-0.3, -0.25) is 0 Å². The maximum atomic E-state index is 5.42. The van der Waals surface area contributed by atoms with Crippen LogP contribution in [0.2, 0.25) is 0 Å². The van der Waals surface area contributed by atoms with Crippen LogP contribution in [-0.4, -0.2) is 34.3 Å². The van der Waals surface area contributed by atoms with Gasteiger partial charge in [-0.05, 0) is 32.6 Å². The lowest BCUT2D eigenvalue weighted by Crippen LogP contribution is -2.27. The molecule has 1 aromatic rings. The minimum atomic E-state index is 0.317. The molecular weight excluding hydrogens is 224 g/mol. The van der Waals surface area contributed by atoms with Crippen LogP contribution >= 0.6 is 11.8 Å². The van der Waals surface area contributed by atoms with E-state index in [0.29, 0.717) is 23.2 Å². The van der Waals surface area contributed by atoms with Crippen molar-refractivity contribution in [2.24, 2.45) is 0 Å². The fourth-order valence-electron chi connectivity index (χ4n) is 1.79. The normalized spacial score (nSPS) is 24.9. The monoisotopic (exact) mass is 242 g/mol. The Morgan fingerprint density at radius 1 is 1.50 bits per heavy atom. The molecule has 0 saturated carbocycles. The summed E-state index contributed by atoms with van der Waals surface area (Å²) >= 11 is 2.02. The molecule has 1 unspecified atom stereocenters. The lowest BCUT2D eigenvalue weighted by atomic mass is 10.1. The Kier molecular flexibility index (Phi) is 3.70. The van der Waals surface area contributed by atoms with Crippen molar-refractivity contribution in [2.75, 3.05) is 24.7 Å². The van der Waals surface area contributed by atoms with Crippen LogP contribution in [0.4, 0.5) is 6.01 Å². The number of hydrogen-bond donors (Lipinski definition) is 2. The predicted molar refractivity (Wildman–Crippen MR) is 65.6 cm³/mol. The highest BCUT2D eigenvalue weighted by Crippen LogP contribution is 2.37. The van der Waals surface area contributed by atoms with Gasteiger partial charge < -0.3 is 15.1 Å². The molecule has 0 spiro atoms. The van der Waals surface area contributed by atoms with E-state index in [1.165, 1.54) is 18.6 Å². The second-order valence-corrected chi connectivity index (χ2v) is 5.97. The molecule has 5 nitrogen and oxygen atoms in total. The van der Waals surface area contributed by atoms with Gasteiger partial charge in [-0.15, -0.1) is 5.10 Å². The van der Waals surface area contributed by atoms with Gasteiger partial charge in [-0.2, -0.15) is 11.8 Å². The fraction of sp³-hybridized carbons (Fsp3) is 0.800. The average Bonchev–Trinajstić information content (AvgIpc) is 2.86. The highest BCUT2D eigenvalue weighted by atomic mass is 32.2. The number of rotatable bonds is 5. The maximum absolute atomic E-state index is 5.42. The lowest BCUT2D eigenvalue weighted by Gasteiger charge is -2.21. The first kappa shape index (κ1) is 11.7. The van der Waals surface area contributed by atoms with Gasteiger partial charge in [0.05, 0.1) is 6.54 Å². The number of nitrogens with zero attached hydrogens (tertiary/aromatic N) is 2. The van der Waals surface area contributed by atoms with Crippen molar-refractivity contribution >= 4 is 17.8 Å². The van der Waals surface area contributed by atoms with Gasteiger partial charge in [0.2, 0.25) is 5.89 Å². The Morgan fingerprint density at radius 3 is 3.06 bits per heavy atom. The van der Waals surface area contributed by atoms with E-state index >= 15 is 0 Å². The summed E-state index contributed by atoms with van der Waals surface area (Å²) in [4.78, 5) is 0. The third kappa shape index (κ3) is 2.89. The molecule has 1 saturated heterocycles. The van der Waals surface area contributed by atoms with Gasteiger partial charge in [0.25, 0.3) is 0 Å². The van der Waals surface area contributed by atoms with Gasteiger partial charge in [0, 0.05) is 11.3 Å². The summed E-state index contributed by atoms with van der Waals surface area (Å²) in [6, 6.07) is 0.527. The largest absolute Gasteiger partial charge is 0.407 e. The molecule has 0 aromatic carbocycles. The Hall–Kier alpha value is -0.750. The third-order valence-electron chi connectivity index (χ3n) is 2.71. The molecule has 2 heterocycles. The van der Waals surface area contributed by atoms with Gasteiger partial charge in [-0.25, -0.2) is 0 Å². The van der Waals surface area contributed by atoms with E-state index in [4.69, 9.17) is 4.42 Å². The van der Waals surface area contributed by atoms with Crippen molar-refractivity contribution in [3.8, 4) is 0 Å². The molecule has 0 aliphatic carbocycles. The summed E-state index contributed by atoms with van der Waals surface area (Å²) in [5, 5.41) is 14.1. The van der Waals surface area contributed by atoms with E-state index in [1.807, 2.05) is 18.8 Å².